The first kappa shape index (κ1) is 18.8. The molecule has 0 unspecified atom stereocenters. The number of hydrogen-bond donors (Lipinski definition) is 1. The Kier molecular flexibility index (Phi) is 7.48. The molecule has 0 saturated heterocycles. The van der Waals surface area contributed by atoms with Gasteiger partial charge in [-0.05, 0) is 38.6 Å². The maximum absolute atomic E-state index is 12.8. The van der Waals surface area contributed by atoms with Crippen molar-refractivity contribution < 1.29 is 13.2 Å². The fourth-order valence-corrected chi connectivity index (χ4v) is 3.34. The van der Waals surface area contributed by atoms with Crippen molar-refractivity contribution in [3.63, 3.8) is 0 Å². The second-order valence-electron chi connectivity index (χ2n) is 6.81. The van der Waals surface area contributed by atoms with Crippen molar-refractivity contribution in [2.75, 3.05) is 26.2 Å². The molecule has 1 aliphatic carbocycles. The summed E-state index contributed by atoms with van der Waals surface area (Å²) < 4.78 is 38.5. The van der Waals surface area contributed by atoms with E-state index in [1.54, 1.807) is 4.90 Å². The summed E-state index contributed by atoms with van der Waals surface area (Å²) in [4.78, 5) is 1.61. The van der Waals surface area contributed by atoms with Gasteiger partial charge in [-0.2, -0.15) is 13.2 Å². The van der Waals surface area contributed by atoms with Gasteiger partial charge < -0.3 is 5.32 Å². The van der Waals surface area contributed by atoms with E-state index in [9.17, 15) is 13.2 Å². The van der Waals surface area contributed by atoms with Crippen LogP contribution in [-0.4, -0.2) is 43.3 Å². The van der Waals surface area contributed by atoms with Crippen LogP contribution in [-0.2, 0) is 0 Å². The molecule has 0 spiro atoms. The van der Waals surface area contributed by atoms with Crippen LogP contribution >= 0.6 is 0 Å². The molecule has 0 bridgehead atoms. The first-order chi connectivity index (χ1) is 9.78. The molecule has 21 heavy (non-hydrogen) atoms. The number of alkyl halides is 3. The summed E-state index contributed by atoms with van der Waals surface area (Å²) in [6, 6.07) is -0.0756. The molecule has 0 atom stereocenters. The Morgan fingerprint density at radius 3 is 2.10 bits per heavy atom. The van der Waals surface area contributed by atoms with Crippen LogP contribution in [0, 0.1) is 5.41 Å². The van der Waals surface area contributed by atoms with Crippen molar-refractivity contribution in [2.24, 2.45) is 5.41 Å². The fourth-order valence-electron chi connectivity index (χ4n) is 3.34. The largest absolute Gasteiger partial charge is 0.401 e. The number of hydrogen-bond acceptors (Lipinski definition) is 2. The lowest BCUT2D eigenvalue weighted by Gasteiger charge is -2.40. The van der Waals surface area contributed by atoms with Gasteiger partial charge in [-0.25, -0.2) is 0 Å². The van der Waals surface area contributed by atoms with Crippen molar-refractivity contribution >= 4 is 0 Å². The van der Waals surface area contributed by atoms with E-state index in [-0.39, 0.29) is 11.5 Å². The summed E-state index contributed by atoms with van der Waals surface area (Å²) in [5.74, 6) is 0. The first-order valence-corrected chi connectivity index (χ1v) is 8.29. The van der Waals surface area contributed by atoms with Gasteiger partial charge in [0.25, 0.3) is 0 Å². The van der Waals surface area contributed by atoms with E-state index in [1.165, 1.54) is 12.8 Å². The highest BCUT2D eigenvalue weighted by molar-refractivity contribution is 4.88. The zero-order chi connectivity index (χ0) is 15.9. The quantitative estimate of drug-likeness (QED) is 0.709. The molecular weight excluding hydrogens is 277 g/mol. The highest BCUT2D eigenvalue weighted by atomic mass is 19.4. The lowest BCUT2D eigenvalue weighted by atomic mass is 9.79. The Morgan fingerprint density at radius 1 is 1.10 bits per heavy atom. The molecule has 1 fully saturated rings. The highest BCUT2D eigenvalue weighted by Gasteiger charge is 2.38. The smallest absolute Gasteiger partial charge is 0.316 e. The summed E-state index contributed by atoms with van der Waals surface area (Å²) in [7, 11) is 0. The minimum absolute atomic E-state index is 0.00201. The molecule has 1 rings (SSSR count). The van der Waals surface area contributed by atoms with Crippen molar-refractivity contribution in [2.45, 2.75) is 71.5 Å². The molecule has 0 aliphatic heterocycles. The van der Waals surface area contributed by atoms with Gasteiger partial charge in [0.05, 0.1) is 6.54 Å². The Hall–Kier alpha value is -0.290. The van der Waals surface area contributed by atoms with Gasteiger partial charge in [0.2, 0.25) is 0 Å². The first-order valence-electron chi connectivity index (χ1n) is 8.29. The maximum Gasteiger partial charge on any atom is 0.401 e. The van der Waals surface area contributed by atoms with Gasteiger partial charge in [-0.3, -0.25) is 4.90 Å². The Bertz CT molecular complexity index is 282. The Labute approximate surface area is 127 Å². The highest BCUT2D eigenvalue weighted by Crippen LogP contribution is 2.36. The third kappa shape index (κ3) is 7.00. The minimum atomic E-state index is -4.12. The van der Waals surface area contributed by atoms with Crippen LogP contribution in [0.3, 0.4) is 0 Å². The van der Waals surface area contributed by atoms with E-state index in [1.807, 2.05) is 13.8 Å². The predicted molar refractivity (Wildman–Crippen MR) is 81.4 cm³/mol. The number of rotatable bonds is 7. The van der Waals surface area contributed by atoms with Gasteiger partial charge in [0.1, 0.15) is 0 Å². The van der Waals surface area contributed by atoms with Crippen molar-refractivity contribution in [3.05, 3.63) is 0 Å². The second-order valence-corrected chi connectivity index (χ2v) is 6.81. The van der Waals surface area contributed by atoms with Crippen molar-refractivity contribution in [1.82, 2.24) is 10.2 Å². The van der Waals surface area contributed by atoms with Crippen LogP contribution in [0.25, 0.3) is 0 Å². The van der Waals surface area contributed by atoms with E-state index >= 15 is 0 Å². The second kappa shape index (κ2) is 8.37. The Balaban J connectivity index is 2.80. The number of nitrogens with zero attached hydrogens (tertiary/aromatic N) is 1. The Morgan fingerprint density at radius 2 is 1.67 bits per heavy atom. The van der Waals surface area contributed by atoms with E-state index in [0.717, 1.165) is 38.8 Å². The molecule has 0 amide bonds. The zero-order valence-corrected chi connectivity index (χ0v) is 13.7. The van der Waals surface area contributed by atoms with Crippen LogP contribution in [0.4, 0.5) is 13.2 Å². The van der Waals surface area contributed by atoms with Crippen LogP contribution in [0.15, 0.2) is 0 Å². The van der Waals surface area contributed by atoms with Crippen LogP contribution in [0.2, 0.25) is 0 Å². The van der Waals surface area contributed by atoms with E-state index in [2.05, 4.69) is 12.2 Å². The SMILES string of the molecule is CCNCC1(CN(CC(F)(F)F)C(C)C)CCCCCC1. The standard InChI is InChI=1S/C16H31F3N2/c1-4-20-11-15(9-7-5-6-8-10-15)12-21(14(2)3)13-16(17,18)19/h14,20H,4-13H2,1-3H3. The van der Waals surface area contributed by atoms with Crippen molar-refractivity contribution in [3.8, 4) is 0 Å². The zero-order valence-electron chi connectivity index (χ0n) is 13.7. The van der Waals surface area contributed by atoms with Crippen LogP contribution in [0.1, 0.15) is 59.3 Å². The van der Waals surface area contributed by atoms with E-state index in [4.69, 9.17) is 0 Å². The summed E-state index contributed by atoms with van der Waals surface area (Å²) in [5.41, 5.74) is 0.00201. The van der Waals surface area contributed by atoms with E-state index < -0.39 is 12.7 Å². The molecule has 1 N–H and O–H groups in total. The summed E-state index contributed by atoms with van der Waals surface area (Å²) >= 11 is 0. The molecule has 5 heteroatoms. The monoisotopic (exact) mass is 308 g/mol. The average Bonchev–Trinajstić information content (AvgIpc) is 2.60. The van der Waals surface area contributed by atoms with Gasteiger partial charge in [0, 0.05) is 19.1 Å². The van der Waals surface area contributed by atoms with Crippen LogP contribution in [0.5, 0.6) is 0 Å². The van der Waals surface area contributed by atoms with Gasteiger partial charge >= 0.3 is 6.18 Å². The van der Waals surface area contributed by atoms with Gasteiger partial charge in [0.15, 0.2) is 0 Å². The maximum atomic E-state index is 12.8. The fraction of sp³-hybridized carbons (Fsp3) is 1.00. The molecule has 1 aliphatic rings. The van der Waals surface area contributed by atoms with E-state index in [0.29, 0.717) is 6.54 Å². The topological polar surface area (TPSA) is 15.3 Å². The predicted octanol–water partition coefficient (Wildman–Crippen LogP) is 4.21. The summed E-state index contributed by atoms with van der Waals surface area (Å²) in [6.45, 7) is 7.26. The molecule has 1 saturated carbocycles. The molecule has 0 heterocycles. The third-order valence-electron chi connectivity index (χ3n) is 4.57. The molecule has 126 valence electrons. The lowest BCUT2D eigenvalue weighted by Crippen LogP contribution is -2.49. The molecule has 0 aromatic carbocycles. The minimum Gasteiger partial charge on any atom is -0.316 e. The third-order valence-corrected chi connectivity index (χ3v) is 4.57. The van der Waals surface area contributed by atoms with Crippen LogP contribution < -0.4 is 5.32 Å². The summed E-state index contributed by atoms with van der Waals surface area (Å²) in [6.07, 6.45) is 2.69. The van der Waals surface area contributed by atoms with Gasteiger partial charge in [-0.15, -0.1) is 0 Å². The molecule has 2 nitrogen and oxygen atoms in total. The number of nitrogens with one attached hydrogen (secondary N) is 1. The molecule has 0 aromatic rings. The normalized spacial score (nSPS) is 20.0. The number of halogens is 3. The molecule has 0 aromatic heterocycles. The lowest BCUT2D eigenvalue weighted by molar-refractivity contribution is -0.153. The molecular formula is C16H31F3N2. The summed E-state index contributed by atoms with van der Waals surface area (Å²) in [5, 5.41) is 3.39. The molecule has 0 radical (unpaired) electrons. The van der Waals surface area contributed by atoms with Crippen molar-refractivity contribution in [1.29, 1.82) is 0 Å². The average molecular weight is 308 g/mol. The van der Waals surface area contributed by atoms with Gasteiger partial charge in [-0.1, -0.05) is 32.6 Å².